The molecule has 0 radical (unpaired) electrons. The van der Waals surface area contributed by atoms with E-state index in [2.05, 4.69) is 27.4 Å². The third-order valence-electron chi connectivity index (χ3n) is 4.39. The molecule has 1 unspecified atom stereocenters. The molecule has 0 saturated heterocycles. The van der Waals surface area contributed by atoms with Crippen molar-refractivity contribution >= 4 is 5.82 Å². The fourth-order valence-electron chi connectivity index (χ4n) is 3.27. The van der Waals surface area contributed by atoms with Crippen molar-refractivity contribution in [2.45, 2.75) is 38.1 Å². The molecule has 0 fully saturated rings. The molecule has 1 N–H and O–H groups in total. The number of aryl methyl sites for hydroxylation is 1. The molecule has 0 amide bonds. The minimum Gasteiger partial charge on any atom is -0.491 e. The van der Waals surface area contributed by atoms with Gasteiger partial charge in [-0.3, -0.25) is 0 Å². The lowest BCUT2D eigenvalue weighted by molar-refractivity contribution is 0.339. The Kier molecular flexibility index (Phi) is 3.22. The molecule has 1 aromatic carbocycles. The van der Waals surface area contributed by atoms with Crippen molar-refractivity contribution in [1.82, 2.24) is 9.97 Å². The lowest BCUT2D eigenvalue weighted by Crippen LogP contribution is -2.15. The SMILES string of the molecule is c1ccc2c(c1)OCC2Nc1ncnc2c1CCCCC2. The highest BCUT2D eigenvalue weighted by Gasteiger charge is 2.25. The number of rotatable bonds is 2. The quantitative estimate of drug-likeness (QED) is 0.858. The Morgan fingerprint density at radius 1 is 1.05 bits per heavy atom. The summed E-state index contributed by atoms with van der Waals surface area (Å²) in [5.41, 5.74) is 3.75. The number of benzene rings is 1. The smallest absolute Gasteiger partial charge is 0.133 e. The minimum absolute atomic E-state index is 0.184. The first-order valence-electron chi connectivity index (χ1n) is 7.73. The van der Waals surface area contributed by atoms with Crippen LogP contribution in [0.3, 0.4) is 0 Å². The van der Waals surface area contributed by atoms with Crippen molar-refractivity contribution in [3.8, 4) is 5.75 Å². The highest BCUT2D eigenvalue weighted by atomic mass is 16.5. The summed E-state index contributed by atoms with van der Waals surface area (Å²) in [4.78, 5) is 8.97. The number of hydrogen-bond acceptors (Lipinski definition) is 4. The van der Waals surface area contributed by atoms with E-state index in [0.29, 0.717) is 6.61 Å². The van der Waals surface area contributed by atoms with Crippen molar-refractivity contribution < 1.29 is 4.74 Å². The van der Waals surface area contributed by atoms with Gasteiger partial charge in [-0.25, -0.2) is 9.97 Å². The second-order valence-corrected chi connectivity index (χ2v) is 5.75. The van der Waals surface area contributed by atoms with Gasteiger partial charge in [-0.2, -0.15) is 0 Å². The molecule has 4 nitrogen and oxygen atoms in total. The molecule has 1 aromatic heterocycles. The Labute approximate surface area is 124 Å². The predicted octanol–water partition coefficient (Wildman–Crippen LogP) is 3.29. The lowest BCUT2D eigenvalue weighted by atomic mass is 10.1. The Balaban J connectivity index is 1.64. The van der Waals surface area contributed by atoms with Gasteiger partial charge in [0, 0.05) is 16.8 Å². The van der Waals surface area contributed by atoms with Crippen LogP contribution in [0.4, 0.5) is 5.82 Å². The van der Waals surface area contributed by atoms with Crippen LogP contribution in [0.2, 0.25) is 0 Å². The molecule has 108 valence electrons. The zero-order valence-electron chi connectivity index (χ0n) is 12.0. The molecule has 0 spiro atoms. The minimum atomic E-state index is 0.184. The standard InChI is InChI=1S/C17H19N3O/c1-2-7-13-14(8-3-1)18-11-19-17(13)20-15-10-21-16-9-5-4-6-12(15)16/h4-6,9,11,15H,1-3,7-8,10H2,(H,18,19,20). The molecular formula is C17H19N3O. The van der Waals surface area contributed by atoms with Gasteiger partial charge in [0.15, 0.2) is 0 Å². The summed E-state index contributed by atoms with van der Waals surface area (Å²) in [5, 5.41) is 3.58. The molecule has 4 heteroatoms. The van der Waals surface area contributed by atoms with E-state index in [0.717, 1.165) is 24.4 Å². The lowest BCUT2D eigenvalue weighted by Gasteiger charge is -2.16. The maximum atomic E-state index is 5.75. The van der Waals surface area contributed by atoms with E-state index in [1.54, 1.807) is 6.33 Å². The van der Waals surface area contributed by atoms with Crippen LogP contribution in [-0.4, -0.2) is 16.6 Å². The molecule has 2 aliphatic rings. The summed E-state index contributed by atoms with van der Waals surface area (Å²) in [7, 11) is 0. The number of anilines is 1. The van der Waals surface area contributed by atoms with Crippen molar-refractivity contribution in [2.24, 2.45) is 0 Å². The first-order valence-corrected chi connectivity index (χ1v) is 7.73. The third kappa shape index (κ3) is 2.35. The van der Waals surface area contributed by atoms with Crippen LogP contribution >= 0.6 is 0 Å². The molecular weight excluding hydrogens is 262 g/mol. The fourth-order valence-corrected chi connectivity index (χ4v) is 3.27. The average Bonchev–Trinajstić information content (AvgIpc) is 2.77. The fraction of sp³-hybridized carbons (Fsp3) is 0.412. The molecule has 1 atom stereocenters. The molecule has 0 bridgehead atoms. The van der Waals surface area contributed by atoms with Gasteiger partial charge in [0.25, 0.3) is 0 Å². The van der Waals surface area contributed by atoms with Gasteiger partial charge in [0.1, 0.15) is 24.5 Å². The number of nitrogens with zero attached hydrogens (tertiary/aromatic N) is 2. The van der Waals surface area contributed by atoms with Crippen LogP contribution in [0.25, 0.3) is 0 Å². The highest BCUT2D eigenvalue weighted by molar-refractivity contribution is 5.51. The van der Waals surface area contributed by atoms with Crippen LogP contribution in [0.1, 0.15) is 42.1 Å². The maximum absolute atomic E-state index is 5.75. The first-order chi connectivity index (χ1) is 10.4. The van der Waals surface area contributed by atoms with Crippen molar-refractivity contribution in [3.63, 3.8) is 0 Å². The normalized spacial score (nSPS) is 20.1. The van der Waals surface area contributed by atoms with E-state index in [1.807, 2.05) is 12.1 Å². The van der Waals surface area contributed by atoms with Crippen LogP contribution in [0.15, 0.2) is 30.6 Å². The molecule has 21 heavy (non-hydrogen) atoms. The van der Waals surface area contributed by atoms with Crippen LogP contribution in [0.5, 0.6) is 5.75 Å². The number of nitrogens with one attached hydrogen (secondary N) is 1. The maximum Gasteiger partial charge on any atom is 0.133 e. The molecule has 1 aliphatic heterocycles. The summed E-state index contributed by atoms with van der Waals surface area (Å²) in [6, 6.07) is 8.40. The van der Waals surface area contributed by atoms with Gasteiger partial charge >= 0.3 is 0 Å². The van der Waals surface area contributed by atoms with Gasteiger partial charge in [0.05, 0.1) is 6.04 Å². The second-order valence-electron chi connectivity index (χ2n) is 5.75. The Morgan fingerprint density at radius 3 is 2.95 bits per heavy atom. The van der Waals surface area contributed by atoms with Crippen molar-refractivity contribution in [1.29, 1.82) is 0 Å². The van der Waals surface area contributed by atoms with Gasteiger partial charge < -0.3 is 10.1 Å². The van der Waals surface area contributed by atoms with E-state index >= 15 is 0 Å². The highest BCUT2D eigenvalue weighted by Crippen LogP contribution is 2.35. The van der Waals surface area contributed by atoms with E-state index < -0.39 is 0 Å². The first kappa shape index (κ1) is 12.6. The topological polar surface area (TPSA) is 47.0 Å². The summed E-state index contributed by atoms with van der Waals surface area (Å²) >= 11 is 0. The molecule has 1 aliphatic carbocycles. The third-order valence-corrected chi connectivity index (χ3v) is 4.39. The summed E-state index contributed by atoms with van der Waals surface area (Å²) in [5.74, 6) is 1.97. The molecule has 0 saturated carbocycles. The molecule has 2 heterocycles. The summed E-state index contributed by atoms with van der Waals surface area (Å²) in [6.45, 7) is 0.665. The van der Waals surface area contributed by atoms with E-state index in [1.165, 1.54) is 36.1 Å². The Hall–Kier alpha value is -2.10. The number of hydrogen-bond donors (Lipinski definition) is 1. The molecule has 4 rings (SSSR count). The Morgan fingerprint density at radius 2 is 1.95 bits per heavy atom. The van der Waals surface area contributed by atoms with Gasteiger partial charge in [-0.15, -0.1) is 0 Å². The zero-order chi connectivity index (χ0) is 14.1. The predicted molar refractivity (Wildman–Crippen MR) is 81.6 cm³/mol. The van der Waals surface area contributed by atoms with Gasteiger partial charge in [-0.05, 0) is 31.7 Å². The Bertz CT molecular complexity index is 656. The number of ether oxygens (including phenoxy) is 1. The van der Waals surface area contributed by atoms with Crippen LogP contribution < -0.4 is 10.1 Å². The molecule has 2 aromatic rings. The zero-order valence-corrected chi connectivity index (χ0v) is 12.0. The van der Waals surface area contributed by atoms with Crippen molar-refractivity contribution in [3.05, 3.63) is 47.4 Å². The van der Waals surface area contributed by atoms with Crippen LogP contribution in [-0.2, 0) is 12.8 Å². The van der Waals surface area contributed by atoms with E-state index in [-0.39, 0.29) is 6.04 Å². The summed E-state index contributed by atoms with van der Waals surface area (Å²) in [6.07, 6.45) is 7.59. The van der Waals surface area contributed by atoms with E-state index in [9.17, 15) is 0 Å². The largest absolute Gasteiger partial charge is 0.491 e. The summed E-state index contributed by atoms with van der Waals surface area (Å²) < 4.78 is 5.75. The van der Waals surface area contributed by atoms with Gasteiger partial charge in [-0.1, -0.05) is 24.6 Å². The average molecular weight is 281 g/mol. The van der Waals surface area contributed by atoms with E-state index in [4.69, 9.17) is 4.74 Å². The number of fused-ring (bicyclic) bond motifs is 2. The monoisotopic (exact) mass is 281 g/mol. The van der Waals surface area contributed by atoms with Crippen molar-refractivity contribution in [2.75, 3.05) is 11.9 Å². The second kappa shape index (κ2) is 5.35. The van der Waals surface area contributed by atoms with Crippen LogP contribution in [0, 0.1) is 0 Å². The number of aromatic nitrogens is 2. The van der Waals surface area contributed by atoms with Gasteiger partial charge in [0.2, 0.25) is 0 Å². The number of para-hydroxylation sites is 1.